The Morgan fingerprint density at radius 1 is 1.26 bits per heavy atom. The van der Waals surface area contributed by atoms with E-state index in [1.165, 1.54) is 23.6 Å². The molecule has 3 rings (SSSR count). The topological polar surface area (TPSA) is 40.5 Å². The molecule has 0 atom stereocenters. The van der Waals surface area contributed by atoms with E-state index in [9.17, 15) is 27.5 Å². The van der Waals surface area contributed by atoms with Gasteiger partial charge in [0.05, 0.1) is 11.1 Å². The van der Waals surface area contributed by atoms with Gasteiger partial charge < -0.3 is 9.41 Å². The molecule has 1 heterocycles. The highest BCUT2D eigenvalue weighted by Crippen LogP contribution is 2.41. The van der Waals surface area contributed by atoms with E-state index in [2.05, 4.69) is 0 Å². The predicted octanol–water partition coefficient (Wildman–Crippen LogP) is 4.28. The normalized spacial score (nSPS) is 18.5. The Labute approximate surface area is 133 Å². The summed E-state index contributed by atoms with van der Waals surface area (Å²) in [6, 6.07) is 2.30. The Morgan fingerprint density at radius 2 is 1.96 bits per heavy atom. The summed E-state index contributed by atoms with van der Waals surface area (Å²) < 4.78 is 53.8. The maximum absolute atomic E-state index is 13.5. The first-order valence-electron chi connectivity index (χ1n) is 6.74. The van der Waals surface area contributed by atoms with E-state index in [4.69, 9.17) is 0 Å². The van der Waals surface area contributed by atoms with Crippen molar-refractivity contribution in [2.24, 2.45) is 0 Å². The molecule has 0 unspecified atom stereocenters. The van der Waals surface area contributed by atoms with E-state index in [-0.39, 0.29) is 22.8 Å². The molecule has 1 N–H and O–H groups in total. The van der Waals surface area contributed by atoms with E-state index in [0.717, 1.165) is 25.0 Å². The zero-order valence-corrected chi connectivity index (χ0v) is 12.4. The van der Waals surface area contributed by atoms with E-state index >= 15 is 0 Å². The summed E-state index contributed by atoms with van der Waals surface area (Å²) in [6.45, 7) is 0. The van der Waals surface area contributed by atoms with Gasteiger partial charge in [0.2, 0.25) is 0 Å². The molecule has 0 radical (unpaired) electrons. The van der Waals surface area contributed by atoms with Crippen molar-refractivity contribution in [2.75, 3.05) is 0 Å². The van der Waals surface area contributed by atoms with E-state index in [0.29, 0.717) is 6.07 Å². The highest BCUT2D eigenvalue weighted by molar-refractivity contribution is 8.00. The van der Waals surface area contributed by atoms with Crippen LogP contribution in [-0.2, 0) is 11.0 Å². The smallest absolute Gasteiger partial charge is 0.416 e. The zero-order valence-electron chi connectivity index (χ0n) is 11.6. The van der Waals surface area contributed by atoms with Crippen molar-refractivity contribution in [1.29, 1.82) is 0 Å². The standard InChI is InChI=1S/C15H11F4NO2S/c16-10-4-8(3-9(5-10)15(17,18)19)13-7-23-20(11-1-2-11)6-12(13)14(21)22/h3-7,11H,1-2H2,(H,21,22). The second kappa shape index (κ2) is 5.59. The lowest BCUT2D eigenvalue weighted by atomic mass is 9.97. The quantitative estimate of drug-likeness (QED) is 0.656. The minimum atomic E-state index is -4.70. The van der Waals surface area contributed by atoms with Gasteiger partial charge in [0.1, 0.15) is 5.82 Å². The molecular weight excluding hydrogens is 334 g/mol. The van der Waals surface area contributed by atoms with Gasteiger partial charge in [-0.25, -0.2) is 9.18 Å². The second-order valence-electron chi connectivity index (χ2n) is 5.30. The van der Waals surface area contributed by atoms with Crippen molar-refractivity contribution in [3.05, 3.63) is 52.3 Å². The molecule has 1 aromatic rings. The molecule has 1 aliphatic heterocycles. The molecule has 0 amide bonds. The summed E-state index contributed by atoms with van der Waals surface area (Å²) in [5, 5.41) is 10.8. The van der Waals surface area contributed by atoms with Crippen molar-refractivity contribution >= 4 is 23.5 Å². The SMILES string of the molecule is O=C(O)C1=CN(C2CC2)SC=C1c1cc(F)cc(C(F)(F)F)c1. The number of carboxylic acid groups (broad SMARTS) is 1. The van der Waals surface area contributed by atoms with Crippen molar-refractivity contribution < 1.29 is 27.5 Å². The molecule has 1 aromatic carbocycles. The number of nitrogens with zero attached hydrogens (tertiary/aromatic N) is 1. The molecule has 8 heteroatoms. The van der Waals surface area contributed by atoms with Gasteiger partial charge in [-0.3, -0.25) is 0 Å². The average Bonchev–Trinajstić information content (AvgIpc) is 3.29. The summed E-state index contributed by atoms with van der Waals surface area (Å²) in [6.07, 6.45) is -1.42. The van der Waals surface area contributed by atoms with Crippen LogP contribution >= 0.6 is 11.9 Å². The maximum atomic E-state index is 13.5. The summed E-state index contributed by atoms with van der Waals surface area (Å²) in [5.74, 6) is -2.32. The lowest BCUT2D eigenvalue weighted by molar-refractivity contribution is -0.137. The third-order valence-corrected chi connectivity index (χ3v) is 4.50. The largest absolute Gasteiger partial charge is 0.478 e. The predicted molar refractivity (Wildman–Crippen MR) is 77.5 cm³/mol. The molecule has 23 heavy (non-hydrogen) atoms. The van der Waals surface area contributed by atoms with Gasteiger partial charge >= 0.3 is 12.1 Å². The van der Waals surface area contributed by atoms with Crippen LogP contribution < -0.4 is 0 Å². The summed E-state index contributed by atoms with van der Waals surface area (Å²) in [5.41, 5.74) is -1.32. The van der Waals surface area contributed by atoms with E-state index in [1.807, 2.05) is 0 Å². The van der Waals surface area contributed by atoms with Gasteiger partial charge in [0.15, 0.2) is 0 Å². The van der Waals surface area contributed by atoms with Crippen LogP contribution in [0.4, 0.5) is 17.6 Å². The minimum absolute atomic E-state index is 0.0735. The zero-order chi connectivity index (χ0) is 16.8. The number of aliphatic carboxylic acids is 1. The number of rotatable bonds is 3. The van der Waals surface area contributed by atoms with Crippen LogP contribution in [0, 0.1) is 5.82 Å². The van der Waals surface area contributed by atoms with Crippen LogP contribution in [0.25, 0.3) is 5.57 Å². The maximum Gasteiger partial charge on any atom is 0.416 e. The highest BCUT2D eigenvalue weighted by Gasteiger charge is 2.34. The first-order chi connectivity index (χ1) is 10.8. The van der Waals surface area contributed by atoms with E-state index < -0.39 is 23.5 Å². The summed E-state index contributed by atoms with van der Waals surface area (Å²) in [4.78, 5) is 11.4. The van der Waals surface area contributed by atoms with Gasteiger partial charge in [0, 0.05) is 23.2 Å². The molecule has 3 nitrogen and oxygen atoms in total. The van der Waals surface area contributed by atoms with Gasteiger partial charge in [-0.05, 0) is 48.6 Å². The van der Waals surface area contributed by atoms with Crippen molar-refractivity contribution in [3.63, 3.8) is 0 Å². The Hall–Kier alpha value is -1.96. The van der Waals surface area contributed by atoms with Crippen LogP contribution in [0.3, 0.4) is 0 Å². The summed E-state index contributed by atoms with van der Waals surface area (Å²) in [7, 11) is 0. The van der Waals surface area contributed by atoms with Crippen LogP contribution in [-0.4, -0.2) is 21.4 Å². The number of hydrogen-bond donors (Lipinski definition) is 1. The molecule has 0 bridgehead atoms. The molecule has 0 aromatic heterocycles. The Balaban J connectivity index is 2.02. The van der Waals surface area contributed by atoms with Gasteiger partial charge in [-0.1, -0.05) is 0 Å². The molecule has 1 fully saturated rings. The number of carboxylic acids is 1. The fourth-order valence-corrected chi connectivity index (χ4v) is 3.27. The van der Waals surface area contributed by atoms with Crippen molar-refractivity contribution in [1.82, 2.24) is 4.31 Å². The summed E-state index contributed by atoms with van der Waals surface area (Å²) >= 11 is 1.20. The molecule has 1 aliphatic carbocycles. The van der Waals surface area contributed by atoms with Crippen molar-refractivity contribution in [3.8, 4) is 0 Å². The number of hydrogen-bond acceptors (Lipinski definition) is 3. The van der Waals surface area contributed by atoms with E-state index in [1.54, 1.807) is 4.31 Å². The fourth-order valence-electron chi connectivity index (χ4n) is 2.23. The molecule has 0 spiro atoms. The number of halogens is 4. The number of carbonyl (C=O) groups is 1. The second-order valence-corrected chi connectivity index (χ2v) is 6.17. The Bertz CT molecular complexity index is 723. The van der Waals surface area contributed by atoms with Crippen LogP contribution in [0.2, 0.25) is 0 Å². The Morgan fingerprint density at radius 3 is 2.52 bits per heavy atom. The first-order valence-corrected chi connectivity index (χ1v) is 7.58. The third-order valence-electron chi connectivity index (χ3n) is 3.51. The van der Waals surface area contributed by atoms with Gasteiger partial charge in [0.25, 0.3) is 0 Å². The molecule has 0 saturated heterocycles. The third kappa shape index (κ3) is 3.36. The number of benzene rings is 1. The van der Waals surface area contributed by atoms with Crippen LogP contribution in [0.15, 0.2) is 35.4 Å². The van der Waals surface area contributed by atoms with Crippen molar-refractivity contribution in [2.45, 2.75) is 25.1 Å². The molecule has 122 valence electrons. The highest BCUT2D eigenvalue weighted by atomic mass is 32.2. The Kier molecular flexibility index (Phi) is 3.87. The fraction of sp³-hybridized carbons (Fsp3) is 0.267. The lowest BCUT2D eigenvalue weighted by Gasteiger charge is -2.24. The minimum Gasteiger partial charge on any atom is -0.478 e. The molecular formula is C15H11F4NO2S. The first kappa shape index (κ1) is 15.9. The molecule has 2 aliphatic rings. The van der Waals surface area contributed by atoms with Crippen LogP contribution in [0.1, 0.15) is 24.0 Å². The van der Waals surface area contributed by atoms with Gasteiger partial charge in [-0.15, -0.1) is 0 Å². The number of alkyl halides is 3. The molecule has 1 saturated carbocycles. The lowest BCUT2D eigenvalue weighted by Crippen LogP contribution is -2.17. The average molecular weight is 345 g/mol. The monoisotopic (exact) mass is 345 g/mol. The van der Waals surface area contributed by atoms with Crippen LogP contribution in [0.5, 0.6) is 0 Å². The van der Waals surface area contributed by atoms with Gasteiger partial charge in [-0.2, -0.15) is 13.2 Å².